The topological polar surface area (TPSA) is 20.2 Å². The number of allylic oxidation sites excluding steroid dienone is 6. The molecule has 0 fully saturated rings. The minimum Gasteiger partial charge on any atom is -0.392 e. The highest BCUT2D eigenvalue weighted by Crippen LogP contribution is 2.03. The van der Waals surface area contributed by atoms with Crippen molar-refractivity contribution in [1.82, 2.24) is 0 Å². The van der Waals surface area contributed by atoms with Crippen LogP contribution in [0.1, 0.15) is 57.8 Å². The first-order valence-electron chi connectivity index (χ1n) is 7.58. The summed E-state index contributed by atoms with van der Waals surface area (Å²) < 4.78 is 0. The van der Waals surface area contributed by atoms with Gasteiger partial charge in [0.15, 0.2) is 0 Å². The Bertz CT molecular complexity index is 261. The zero-order valence-corrected chi connectivity index (χ0v) is 12.3. The second-order valence-electron chi connectivity index (χ2n) is 4.68. The summed E-state index contributed by atoms with van der Waals surface area (Å²) in [5.74, 6) is 0. The van der Waals surface area contributed by atoms with Crippen molar-refractivity contribution in [2.45, 2.75) is 57.8 Å². The molecule has 0 aliphatic rings. The van der Waals surface area contributed by atoms with Crippen LogP contribution in [-0.4, -0.2) is 11.7 Å². The van der Waals surface area contributed by atoms with E-state index in [1.54, 1.807) is 0 Å². The van der Waals surface area contributed by atoms with Crippen LogP contribution in [-0.2, 0) is 0 Å². The van der Waals surface area contributed by atoms with E-state index in [9.17, 15) is 0 Å². The van der Waals surface area contributed by atoms with Crippen LogP contribution in [0.2, 0.25) is 0 Å². The van der Waals surface area contributed by atoms with Crippen LogP contribution in [0.25, 0.3) is 0 Å². The SMILES string of the molecule is C=CCCCC=CCCCC=CCCCC=CCO. The monoisotopic (exact) mass is 262 g/mol. The molecule has 0 heterocycles. The molecule has 0 aromatic carbocycles. The Balaban J connectivity index is 3.20. The lowest BCUT2D eigenvalue weighted by Gasteiger charge is -1.93. The largest absolute Gasteiger partial charge is 0.392 e. The number of unbranched alkanes of at least 4 members (excludes halogenated alkanes) is 6. The van der Waals surface area contributed by atoms with Gasteiger partial charge in [0.05, 0.1) is 6.61 Å². The van der Waals surface area contributed by atoms with Gasteiger partial charge in [-0.15, -0.1) is 6.58 Å². The van der Waals surface area contributed by atoms with Crippen LogP contribution in [0.3, 0.4) is 0 Å². The molecule has 0 unspecified atom stereocenters. The standard InChI is InChI=1S/C18H30O/c1-2-3-4-5-6-7-8-9-10-11-12-13-14-15-16-17-18-19/h2,6-7,11-12,16-17,19H,1,3-5,8-10,13-15,18H2. The van der Waals surface area contributed by atoms with Gasteiger partial charge in [-0.25, -0.2) is 0 Å². The van der Waals surface area contributed by atoms with Gasteiger partial charge in [-0.1, -0.05) is 42.5 Å². The van der Waals surface area contributed by atoms with Gasteiger partial charge in [0.25, 0.3) is 0 Å². The average molecular weight is 262 g/mol. The first-order valence-corrected chi connectivity index (χ1v) is 7.58. The van der Waals surface area contributed by atoms with Gasteiger partial charge >= 0.3 is 0 Å². The van der Waals surface area contributed by atoms with Gasteiger partial charge in [-0.05, 0) is 57.8 Å². The van der Waals surface area contributed by atoms with Gasteiger partial charge in [-0.3, -0.25) is 0 Å². The zero-order chi connectivity index (χ0) is 14.0. The molecule has 0 radical (unpaired) electrons. The molecule has 0 saturated carbocycles. The molecule has 0 aromatic rings. The molecule has 0 amide bonds. The summed E-state index contributed by atoms with van der Waals surface area (Å²) in [5, 5.41) is 8.56. The van der Waals surface area contributed by atoms with Gasteiger partial charge in [0.1, 0.15) is 0 Å². The Kier molecular flexibility index (Phi) is 16.0. The van der Waals surface area contributed by atoms with E-state index in [2.05, 4.69) is 30.9 Å². The van der Waals surface area contributed by atoms with E-state index in [-0.39, 0.29) is 6.61 Å². The second-order valence-corrected chi connectivity index (χ2v) is 4.68. The van der Waals surface area contributed by atoms with Gasteiger partial charge in [-0.2, -0.15) is 0 Å². The molecule has 1 heteroatoms. The lowest BCUT2D eigenvalue weighted by Crippen LogP contribution is -1.74. The van der Waals surface area contributed by atoms with Crippen molar-refractivity contribution in [3.05, 3.63) is 49.1 Å². The molecular formula is C18H30O. The summed E-state index contributed by atoms with van der Waals surface area (Å²) in [6.07, 6.45) is 25.6. The molecule has 108 valence electrons. The molecule has 0 aliphatic carbocycles. The van der Waals surface area contributed by atoms with E-state index in [4.69, 9.17) is 5.11 Å². The van der Waals surface area contributed by atoms with Gasteiger partial charge in [0.2, 0.25) is 0 Å². The van der Waals surface area contributed by atoms with Crippen molar-refractivity contribution < 1.29 is 5.11 Å². The molecule has 1 N–H and O–H groups in total. The first-order chi connectivity index (χ1) is 9.41. The van der Waals surface area contributed by atoms with Crippen molar-refractivity contribution in [2.75, 3.05) is 6.61 Å². The lowest BCUT2D eigenvalue weighted by atomic mass is 10.1. The van der Waals surface area contributed by atoms with Gasteiger partial charge in [0, 0.05) is 0 Å². The van der Waals surface area contributed by atoms with Crippen molar-refractivity contribution in [2.24, 2.45) is 0 Å². The predicted molar refractivity (Wildman–Crippen MR) is 86.3 cm³/mol. The Labute approximate surface area is 119 Å². The summed E-state index contributed by atoms with van der Waals surface area (Å²) in [6.45, 7) is 3.88. The van der Waals surface area contributed by atoms with Crippen LogP contribution in [0.4, 0.5) is 0 Å². The molecule has 19 heavy (non-hydrogen) atoms. The third-order valence-corrected chi connectivity index (χ3v) is 2.87. The van der Waals surface area contributed by atoms with Gasteiger partial charge < -0.3 is 5.11 Å². The molecule has 0 bridgehead atoms. The van der Waals surface area contributed by atoms with E-state index >= 15 is 0 Å². The van der Waals surface area contributed by atoms with E-state index in [1.807, 2.05) is 18.2 Å². The van der Waals surface area contributed by atoms with Crippen LogP contribution in [0.15, 0.2) is 49.1 Å². The Morgan fingerprint density at radius 1 is 0.579 bits per heavy atom. The molecule has 0 saturated heterocycles. The third kappa shape index (κ3) is 16.9. The number of aliphatic hydroxyl groups is 1. The van der Waals surface area contributed by atoms with E-state index < -0.39 is 0 Å². The van der Waals surface area contributed by atoms with Crippen molar-refractivity contribution in [3.8, 4) is 0 Å². The lowest BCUT2D eigenvalue weighted by molar-refractivity contribution is 0.342. The summed E-state index contributed by atoms with van der Waals surface area (Å²) in [6, 6.07) is 0. The fraction of sp³-hybridized carbons (Fsp3) is 0.556. The number of hydrogen-bond acceptors (Lipinski definition) is 1. The average Bonchev–Trinajstić information content (AvgIpc) is 2.43. The molecule has 0 aromatic heterocycles. The van der Waals surface area contributed by atoms with Crippen LogP contribution < -0.4 is 0 Å². The van der Waals surface area contributed by atoms with Crippen LogP contribution >= 0.6 is 0 Å². The van der Waals surface area contributed by atoms with Crippen LogP contribution in [0, 0.1) is 0 Å². The summed E-state index contributed by atoms with van der Waals surface area (Å²) in [4.78, 5) is 0. The normalized spacial score (nSPS) is 12.1. The molecular weight excluding hydrogens is 232 g/mol. The second kappa shape index (κ2) is 16.9. The van der Waals surface area contributed by atoms with Crippen molar-refractivity contribution in [1.29, 1.82) is 0 Å². The Hall–Kier alpha value is -1.08. The fourth-order valence-corrected chi connectivity index (χ4v) is 1.75. The number of rotatable bonds is 13. The first kappa shape index (κ1) is 17.9. The number of aliphatic hydroxyl groups excluding tert-OH is 1. The molecule has 0 aliphatic heterocycles. The molecule has 1 nitrogen and oxygen atoms in total. The minimum atomic E-state index is 0.164. The maximum atomic E-state index is 8.56. The quantitative estimate of drug-likeness (QED) is 0.351. The highest BCUT2D eigenvalue weighted by molar-refractivity contribution is 4.87. The van der Waals surface area contributed by atoms with E-state index in [0.717, 1.165) is 19.3 Å². The third-order valence-electron chi connectivity index (χ3n) is 2.87. The Morgan fingerprint density at radius 3 is 1.32 bits per heavy atom. The van der Waals surface area contributed by atoms with Crippen molar-refractivity contribution in [3.63, 3.8) is 0 Å². The smallest absolute Gasteiger partial charge is 0.0612 e. The molecule has 0 spiro atoms. The molecule has 0 atom stereocenters. The maximum Gasteiger partial charge on any atom is 0.0612 e. The highest BCUT2D eigenvalue weighted by atomic mass is 16.2. The fourth-order valence-electron chi connectivity index (χ4n) is 1.75. The number of hydrogen-bond donors (Lipinski definition) is 1. The highest BCUT2D eigenvalue weighted by Gasteiger charge is 1.83. The van der Waals surface area contributed by atoms with E-state index in [1.165, 1.54) is 38.5 Å². The Morgan fingerprint density at radius 2 is 0.947 bits per heavy atom. The van der Waals surface area contributed by atoms with Crippen LogP contribution in [0.5, 0.6) is 0 Å². The molecule has 0 rings (SSSR count). The summed E-state index contributed by atoms with van der Waals surface area (Å²) in [7, 11) is 0. The zero-order valence-electron chi connectivity index (χ0n) is 12.3. The predicted octanol–water partition coefficient (Wildman–Crippen LogP) is 5.34. The van der Waals surface area contributed by atoms with E-state index in [0.29, 0.717) is 0 Å². The maximum absolute atomic E-state index is 8.56. The van der Waals surface area contributed by atoms with Crippen molar-refractivity contribution >= 4 is 0 Å². The summed E-state index contributed by atoms with van der Waals surface area (Å²) in [5.41, 5.74) is 0. The minimum absolute atomic E-state index is 0.164. The summed E-state index contributed by atoms with van der Waals surface area (Å²) >= 11 is 0.